The van der Waals surface area contributed by atoms with E-state index in [2.05, 4.69) is 4.74 Å². The van der Waals surface area contributed by atoms with Gasteiger partial charge in [-0.05, 0) is 44.2 Å². The van der Waals surface area contributed by atoms with Crippen molar-refractivity contribution in [2.45, 2.75) is 68.7 Å². The molecule has 172 valence electrons. The van der Waals surface area contributed by atoms with Crippen LogP contribution in [0.4, 0.5) is 13.2 Å². The van der Waals surface area contributed by atoms with Gasteiger partial charge in [0.15, 0.2) is 0 Å². The Hall–Kier alpha value is -2.30. The van der Waals surface area contributed by atoms with Gasteiger partial charge in [0.1, 0.15) is 16.2 Å². The Balaban J connectivity index is 1.72. The summed E-state index contributed by atoms with van der Waals surface area (Å²) in [5.74, 6) is -1.87. The van der Waals surface area contributed by atoms with Crippen molar-refractivity contribution in [1.29, 1.82) is 0 Å². The van der Waals surface area contributed by atoms with Crippen molar-refractivity contribution in [2.75, 3.05) is 6.54 Å². The average Bonchev–Trinajstić information content (AvgIpc) is 2.65. The fraction of sp³-hybridized carbons (Fsp3) is 0.600. The van der Waals surface area contributed by atoms with Crippen LogP contribution in [0.3, 0.4) is 0 Å². The molecule has 31 heavy (non-hydrogen) atoms. The first-order valence-corrected chi connectivity index (χ1v) is 11.6. The summed E-state index contributed by atoms with van der Waals surface area (Å²) in [6, 6.07) is 4.15. The van der Waals surface area contributed by atoms with E-state index in [0.717, 1.165) is 44.2 Å². The Bertz CT molecular complexity index is 944. The first kappa shape index (κ1) is 23.4. The highest BCUT2D eigenvalue weighted by Gasteiger charge is 2.50. The number of para-hydroxylation sites is 1. The Labute approximate surface area is 179 Å². The number of amides is 2. The molecule has 7 nitrogen and oxygen atoms in total. The highest BCUT2D eigenvalue weighted by molar-refractivity contribution is 7.90. The smallest absolute Gasteiger partial charge is 0.404 e. The molecule has 0 spiro atoms. The molecule has 1 aromatic rings. The van der Waals surface area contributed by atoms with Crippen LogP contribution in [0.1, 0.15) is 51.9 Å². The van der Waals surface area contributed by atoms with Crippen LogP contribution in [0.25, 0.3) is 0 Å². The van der Waals surface area contributed by atoms with E-state index < -0.39 is 38.5 Å². The molecule has 2 amide bonds. The summed E-state index contributed by atoms with van der Waals surface area (Å²) in [6.07, 6.45) is 0.633. The summed E-state index contributed by atoms with van der Waals surface area (Å²) in [7, 11) is -4.66. The zero-order valence-electron chi connectivity index (χ0n) is 17.1. The standard InChI is InChI=1S/C20H25F3N2O5S/c1-19(11-12-25(19)17(26)13-14-7-3-2-4-8-14)18(27)24-31(28,29)16-10-6-5-9-15(16)30-20(21,22)23/h5-6,9-10,14H,2-4,7-8,11-13H2,1H3,(H,24,27). The number of sulfonamides is 1. The Morgan fingerprint density at radius 3 is 2.42 bits per heavy atom. The number of nitrogens with zero attached hydrogens (tertiary/aromatic N) is 1. The number of carbonyl (C=O) groups is 2. The van der Waals surface area contributed by atoms with Crippen molar-refractivity contribution in [3.8, 4) is 5.75 Å². The van der Waals surface area contributed by atoms with Crippen LogP contribution < -0.4 is 9.46 Å². The average molecular weight is 462 g/mol. The minimum Gasteiger partial charge on any atom is -0.404 e. The van der Waals surface area contributed by atoms with E-state index in [1.165, 1.54) is 24.0 Å². The lowest BCUT2D eigenvalue weighted by atomic mass is 9.82. The lowest BCUT2D eigenvalue weighted by molar-refractivity contribution is -0.275. The van der Waals surface area contributed by atoms with Crippen LogP contribution in [-0.2, 0) is 19.6 Å². The second-order valence-electron chi connectivity index (χ2n) is 8.21. The van der Waals surface area contributed by atoms with Crippen molar-refractivity contribution in [3.05, 3.63) is 24.3 Å². The third-order valence-electron chi connectivity index (χ3n) is 5.99. The fourth-order valence-electron chi connectivity index (χ4n) is 4.11. The van der Waals surface area contributed by atoms with Crippen molar-refractivity contribution in [1.82, 2.24) is 9.62 Å². The fourth-order valence-corrected chi connectivity index (χ4v) is 5.32. The summed E-state index contributed by atoms with van der Waals surface area (Å²) in [4.78, 5) is 26.0. The van der Waals surface area contributed by atoms with E-state index in [4.69, 9.17) is 0 Å². The molecule has 2 aliphatic rings. The second-order valence-corrected chi connectivity index (χ2v) is 9.86. The molecule has 0 aromatic heterocycles. The topological polar surface area (TPSA) is 92.8 Å². The number of halogens is 3. The van der Waals surface area contributed by atoms with Crippen LogP contribution in [0, 0.1) is 5.92 Å². The third-order valence-corrected chi connectivity index (χ3v) is 7.36. The van der Waals surface area contributed by atoms with Crippen molar-refractivity contribution >= 4 is 21.8 Å². The summed E-state index contributed by atoms with van der Waals surface area (Å²) in [5.41, 5.74) is -1.38. The number of carbonyl (C=O) groups excluding carboxylic acids is 2. The molecule has 1 aliphatic carbocycles. The Morgan fingerprint density at radius 2 is 1.84 bits per heavy atom. The molecule has 1 unspecified atom stereocenters. The second kappa shape index (κ2) is 8.68. The zero-order valence-corrected chi connectivity index (χ0v) is 17.9. The maximum Gasteiger partial charge on any atom is 0.573 e. The van der Waals surface area contributed by atoms with Gasteiger partial charge < -0.3 is 9.64 Å². The highest BCUT2D eigenvalue weighted by atomic mass is 32.2. The number of likely N-dealkylation sites (tertiary alicyclic amines) is 1. The van der Waals surface area contributed by atoms with E-state index in [-0.39, 0.29) is 18.2 Å². The number of hydrogen-bond acceptors (Lipinski definition) is 5. The maximum absolute atomic E-state index is 12.8. The van der Waals surface area contributed by atoms with Gasteiger partial charge in [-0.25, -0.2) is 13.1 Å². The molecular weight excluding hydrogens is 437 g/mol. The number of nitrogens with one attached hydrogen (secondary N) is 1. The van der Waals surface area contributed by atoms with Gasteiger partial charge in [-0.1, -0.05) is 31.4 Å². The van der Waals surface area contributed by atoms with E-state index >= 15 is 0 Å². The van der Waals surface area contributed by atoms with Gasteiger partial charge in [0.05, 0.1) is 0 Å². The number of ether oxygens (including phenoxy) is 1. The minimum atomic E-state index is -5.10. The van der Waals surface area contributed by atoms with Gasteiger partial charge in [0.2, 0.25) is 5.91 Å². The molecule has 1 saturated heterocycles. The predicted octanol–water partition coefficient (Wildman–Crippen LogP) is 3.35. The molecule has 1 N–H and O–H groups in total. The quantitative estimate of drug-likeness (QED) is 0.700. The number of alkyl halides is 3. The molecule has 11 heteroatoms. The van der Waals surface area contributed by atoms with E-state index in [1.54, 1.807) is 0 Å². The highest BCUT2D eigenvalue weighted by Crippen LogP contribution is 2.35. The molecule has 1 atom stereocenters. The summed E-state index contributed by atoms with van der Waals surface area (Å²) < 4.78 is 68.7. The lowest BCUT2D eigenvalue weighted by Gasteiger charge is -2.49. The number of rotatable bonds is 6. The molecule has 1 heterocycles. The van der Waals surface area contributed by atoms with E-state index in [1.807, 2.05) is 4.72 Å². The predicted molar refractivity (Wildman–Crippen MR) is 104 cm³/mol. The van der Waals surface area contributed by atoms with Crippen LogP contribution >= 0.6 is 0 Å². The van der Waals surface area contributed by atoms with Gasteiger partial charge >= 0.3 is 6.36 Å². The Kier molecular flexibility index (Phi) is 6.54. The summed E-state index contributed by atoms with van der Waals surface area (Å²) in [5, 5.41) is 0. The van der Waals surface area contributed by atoms with Gasteiger partial charge in [-0.3, -0.25) is 9.59 Å². The van der Waals surface area contributed by atoms with Gasteiger partial charge in [0, 0.05) is 13.0 Å². The van der Waals surface area contributed by atoms with Gasteiger partial charge in [0.25, 0.3) is 15.9 Å². The molecule has 0 bridgehead atoms. The van der Waals surface area contributed by atoms with Crippen molar-refractivity contribution in [3.63, 3.8) is 0 Å². The molecule has 0 radical (unpaired) electrons. The largest absolute Gasteiger partial charge is 0.573 e. The first-order valence-electron chi connectivity index (χ1n) is 10.1. The molecule has 1 aromatic carbocycles. The molecule has 1 saturated carbocycles. The summed E-state index contributed by atoms with van der Waals surface area (Å²) in [6.45, 7) is 1.78. The minimum absolute atomic E-state index is 0.214. The molecular formula is C20H25F3N2O5S. The zero-order chi connectivity index (χ0) is 22.9. The van der Waals surface area contributed by atoms with Crippen LogP contribution in [-0.4, -0.2) is 43.6 Å². The van der Waals surface area contributed by atoms with Gasteiger partial charge in [-0.15, -0.1) is 13.2 Å². The molecule has 3 rings (SSSR count). The van der Waals surface area contributed by atoms with E-state index in [9.17, 15) is 31.2 Å². The third kappa shape index (κ3) is 5.31. The summed E-state index contributed by atoms with van der Waals surface area (Å²) >= 11 is 0. The van der Waals surface area contributed by atoms with Crippen LogP contribution in [0.5, 0.6) is 5.75 Å². The number of benzene rings is 1. The van der Waals surface area contributed by atoms with Crippen molar-refractivity contribution in [2.24, 2.45) is 5.92 Å². The Morgan fingerprint density at radius 1 is 1.19 bits per heavy atom. The lowest BCUT2D eigenvalue weighted by Crippen LogP contribution is -2.68. The monoisotopic (exact) mass is 462 g/mol. The first-order chi connectivity index (χ1) is 14.4. The van der Waals surface area contributed by atoms with Crippen LogP contribution in [0.15, 0.2) is 29.2 Å². The molecule has 2 fully saturated rings. The normalized spacial score (nSPS) is 22.5. The van der Waals surface area contributed by atoms with Crippen molar-refractivity contribution < 1.29 is 35.9 Å². The van der Waals surface area contributed by atoms with Gasteiger partial charge in [-0.2, -0.15) is 0 Å². The SMILES string of the molecule is CC1(C(=O)NS(=O)(=O)c2ccccc2OC(F)(F)F)CCN1C(=O)CC1CCCCC1. The van der Waals surface area contributed by atoms with E-state index in [0.29, 0.717) is 13.0 Å². The molecule has 1 aliphatic heterocycles. The van der Waals surface area contributed by atoms with Crippen LogP contribution in [0.2, 0.25) is 0 Å². The maximum atomic E-state index is 12.8. The number of hydrogen-bond donors (Lipinski definition) is 1.